The van der Waals surface area contributed by atoms with Crippen LogP contribution in [0.25, 0.3) is 0 Å². The highest BCUT2D eigenvalue weighted by molar-refractivity contribution is 7.13. The SMILES string of the molecule is O=C(O)c1ccc(CCC[C@H]2CCC(=O)[C@@H]2COc2cc(Cl)cc(CO)c2)s1. The number of thiophene rings is 1. The lowest BCUT2D eigenvalue weighted by atomic mass is 9.91. The molecule has 0 aliphatic heterocycles. The molecule has 150 valence electrons. The van der Waals surface area contributed by atoms with Crippen LogP contribution >= 0.6 is 22.9 Å². The number of aliphatic hydroxyl groups is 1. The molecule has 1 aromatic carbocycles. The second-order valence-corrected chi connectivity index (χ2v) is 8.70. The minimum absolute atomic E-state index is 0.117. The van der Waals surface area contributed by atoms with Gasteiger partial charge < -0.3 is 14.9 Å². The molecule has 1 fully saturated rings. The number of aliphatic hydroxyl groups excluding tert-OH is 1. The lowest BCUT2D eigenvalue weighted by Crippen LogP contribution is -2.23. The fraction of sp³-hybridized carbons (Fsp3) is 0.429. The van der Waals surface area contributed by atoms with Gasteiger partial charge in [0.1, 0.15) is 16.4 Å². The van der Waals surface area contributed by atoms with Gasteiger partial charge in [-0.05, 0) is 67.5 Å². The standard InChI is InChI=1S/C21H23ClO5S/c22-15-8-13(11-23)9-16(10-15)27-12-18-14(4-6-19(18)24)2-1-3-17-5-7-20(28-17)21(25)26/h5,7-10,14,18,23H,1-4,6,11-12H2,(H,25,26)/t14-,18+/m0/s1. The molecule has 0 amide bonds. The molecule has 2 N–H and O–H groups in total. The van der Waals surface area contributed by atoms with Crippen molar-refractivity contribution in [1.82, 2.24) is 0 Å². The normalized spacial score (nSPS) is 19.1. The average Bonchev–Trinajstić information content (AvgIpc) is 3.27. The van der Waals surface area contributed by atoms with Gasteiger partial charge in [0.2, 0.25) is 0 Å². The predicted octanol–water partition coefficient (Wildman–Crippen LogP) is 4.59. The Kier molecular flexibility index (Phi) is 7.10. The van der Waals surface area contributed by atoms with Gasteiger partial charge in [-0.25, -0.2) is 4.79 Å². The van der Waals surface area contributed by atoms with Gasteiger partial charge in [-0.1, -0.05) is 11.6 Å². The molecule has 2 atom stereocenters. The highest BCUT2D eigenvalue weighted by atomic mass is 35.5. The van der Waals surface area contributed by atoms with Crippen LogP contribution in [-0.2, 0) is 17.8 Å². The van der Waals surface area contributed by atoms with E-state index >= 15 is 0 Å². The van der Waals surface area contributed by atoms with Crippen molar-refractivity contribution in [3.05, 3.63) is 50.7 Å². The number of carboxylic acid groups (broad SMARTS) is 1. The lowest BCUT2D eigenvalue weighted by molar-refractivity contribution is -0.122. The van der Waals surface area contributed by atoms with Gasteiger partial charge in [0, 0.05) is 16.3 Å². The van der Waals surface area contributed by atoms with Gasteiger partial charge >= 0.3 is 5.97 Å². The van der Waals surface area contributed by atoms with Gasteiger partial charge in [-0.2, -0.15) is 0 Å². The third-order valence-corrected chi connectivity index (χ3v) is 6.51. The Morgan fingerprint density at radius 2 is 2.11 bits per heavy atom. The number of rotatable bonds is 9. The predicted molar refractivity (Wildman–Crippen MR) is 108 cm³/mol. The van der Waals surface area contributed by atoms with E-state index < -0.39 is 5.97 Å². The molecule has 0 radical (unpaired) electrons. The van der Waals surface area contributed by atoms with E-state index in [0.29, 0.717) is 34.2 Å². The molecular weight excluding hydrogens is 400 g/mol. The van der Waals surface area contributed by atoms with E-state index in [9.17, 15) is 14.7 Å². The molecule has 5 nitrogen and oxygen atoms in total. The molecule has 1 aliphatic rings. The van der Waals surface area contributed by atoms with Crippen molar-refractivity contribution in [3.8, 4) is 5.75 Å². The number of aromatic carboxylic acids is 1. The first-order chi connectivity index (χ1) is 13.5. The number of benzene rings is 1. The fourth-order valence-electron chi connectivity index (χ4n) is 3.70. The van der Waals surface area contributed by atoms with E-state index in [1.54, 1.807) is 24.3 Å². The van der Waals surface area contributed by atoms with Gasteiger partial charge in [0.15, 0.2) is 0 Å². The molecule has 2 aromatic rings. The number of carbonyl (C=O) groups excluding carboxylic acids is 1. The Morgan fingerprint density at radius 3 is 2.82 bits per heavy atom. The van der Waals surface area contributed by atoms with Crippen molar-refractivity contribution in [2.24, 2.45) is 11.8 Å². The van der Waals surface area contributed by atoms with Crippen LogP contribution in [0.3, 0.4) is 0 Å². The largest absolute Gasteiger partial charge is 0.493 e. The summed E-state index contributed by atoms with van der Waals surface area (Å²) in [6.45, 7) is 0.199. The van der Waals surface area contributed by atoms with Crippen molar-refractivity contribution < 1.29 is 24.5 Å². The fourth-order valence-corrected chi connectivity index (χ4v) is 4.83. The minimum atomic E-state index is -0.889. The third kappa shape index (κ3) is 5.34. The number of carboxylic acids is 1. The summed E-state index contributed by atoms with van der Waals surface area (Å²) in [5.41, 5.74) is 0.675. The number of ketones is 1. The van der Waals surface area contributed by atoms with Crippen LogP contribution in [0, 0.1) is 11.8 Å². The second kappa shape index (κ2) is 9.54. The number of hydrogen-bond acceptors (Lipinski definition) is 5. The zero-order valence-corrected chi connectivity index (χ0v) is 17.0. The maximum atomic E-state index is 12.3. The zero-order chi connectivity index (χ0) is 20.1. The van der Waals surface area contributed by atoms with Crippen molar-refractivity contribution >= 4 is 34.7 Å². The summed E-state index contributed by atoms with van der Waals surface area (Å²) < 4.78 is 5.83. The number of Topliss-reactive ketones (excluding diaryl/α,β-unsaturated/α-hetero) is 1. The summed E-state index contributed by atoms with van der Waals surface area (Å²) in [4.78, 5) is 24.7. The summed E-state index contributed by atoms with van der Waals surface area (Å²) in [7, 11) is 0. The van der Waals surface area contributed by atoms with E-state index in [4.69, 9.17) is 21.4 Å². The molecule has 0 unspecified atom stereocenters. The zero-order valence-electron chi connectivity index (χ0n) is 15.4. The maximum absolute atomic E-state index is 12.3. The van der Waals surface area contributed by atoms with Crippen molar-refractivity contribution in [2.75, 3.05) is 6.61 Å². The van der Waals surface area contributed by atoms with Gasteiger partial charge in [-0.3, -0.25) is 4.79 Å². The van der Waals surface area contributed by atoms with Crippen molar-refractivity contribution in [3.63, 3.8) is 0 Å². The maximum Gasteiger partial charge on any atom is 0.345 e. The molecule has 1 saturated carbocycles. The van der Waals surface area contributed by atoms with E-state index in [0.717, 1.165) is 30.6 Å². The van der Waals surface area contributed by atoms with Gasteiger partial charge in [0.25, 0.3) is 0 Å². The first-order valence-corrected chi connectivity index (χ1v) is 10.5. The number of ether oxygens (including phenoxy) is 1. The first-order valence-electron chi connectivity index (χ1n) is 9.34. The number of halogens is 1. The summed E-state index contributed by atoms with van der Waals surface area (Å²) in [6, 6.07) is 8.61. The number of hydrogen-bond donors (Lipinski definition) is 2. The van der Waals surface area contributed by atoms with Crippen LogP contribution in [-0.4, -0.2) is 28.6 Å². The molecule has 0 saturated heterocycles. The highest BCUT2D eigenvalue weighted by Crippen LogP contribution is 2.34. The summed E-state index contributed by atoms with van der Waals surface area (Å²) in [5.74, 6) is 0.0612. The molecule has 1 aliphatic carbocycles. The van der Waals surface area contributed by atoms with E-state index in [1.165, 1.54) is 11.3 Å². The van der Waals surface area contributed by atoms with E-state index in [-0.39, 0.29) is 24.2 Å². The smallest absolute Gasteiger partial charge is 0.345 e. The molecule has 1 heterocycles. The molecule has 3 rings (SSSR count). The van der Waals surface area contributed by atoms with Crippen molar-refractivity contribution in [1.29, 1.82) is 0 Å². The molecule has 0 bridgehead atoms. The average molecular weight is 423 g/mol. The topological polar surface area (TPSA) is 83.8 Å². The van der Waals surface area contributed by atoms with Crippen LogP contribution in [0.5, 0.6) is 5.75 Å². The monoisotopic (exact) mass is 422 g/mol. The first kappa shape index (κ1) is 20.8. The highest BCUT2D eigenvalue weighted by Gasteiger charge is 2.34. The Bertz CT molecular complexity index is 847. The lowest BCUT2D eigenvalue weighted by Gasteiger charge is -2.19. The van der Waals surface area contributed by atoms with E-state index in [1.807, 2.05) is 6.07 Å². The van der Waals surface area contributed by atoms with Crippen LogP contribution in [0.15, 0.2) is 30.3 Å². The Morgan fingerprint density at radius 1 is 1.29 bits per heavy atom. The molecule has 7 heteroatoms. The number of aryl methyl sites for hydroxylation is 1. The summed E-state index contributed by atoms with van der Waals surface area (Å²) in [5, 5.41) is 18.8. The summed E-state index contributed by atoms with van der Waals surface area (Å²) >= 11 is 7.35. The molecular formula is C21H23ClO5S. The Balaban J connectivity index is 1.52. The summed E-state index contributed by atoms with van der Waals surface area (Å²) in [6.07, 6.45) is 4.11. The van der Waals surface area contributed by atoms with Crippen molar-refractivity contribution in [2.45, 2.75) is 38.7 Å². The molecule has 28 heavy (non-hydrogen) atoms. The molecule has 0 spiro atoms. The van der Waals surface area contributed by atoms with Crippen LogP contribution in [0.2, 0.25) is 5.02 Å². The third-order valence-electron chi connectivity index (χ3n) is 5.16. The van der Waals surface area contributed by atoms with Gasteiger partial charge in [0.05, 0.1) is 19.1 Å². The van der Waals surface area contributed by atoms with Crippen LogP contribution in [0.1, 0.15) is 45.8 Å². The Labute approximate surface area is 172 Å². The van der Waals surface area contributed by atoms with Crippen LogP contribution < -0.4 is 4.74 Å². The van der Waals surface area contributed by atoms with Gasteiger partial charge in [-0.15, -0.1) is 11.3 Å². The second-order valence-electron chi connectivity index (χ2n) is 7.10. The molecule has 1 aromatic heterocycles. The minimum Gasteiger partial charge on any atom is -0.493 e. The number of carbonyl (C=O) groups is 2. The Hall–Kier alpha value is -1.89. The van der Waals surface area contributed by atoms with E-state index in [2.05, 4.69) is 0 Å². The van der Waals surface area contributed by atoms with Crippen LogP contribution in [0.4, 0.5) is 0 Å². The quantitative estimate of drug-likeness (QED) is 0.617.